The van der Waals surface area contributed by atoms with Gasteiger partial charge in [-0.15, -0.1) is 0 Å². The Morgan fingerprint density at radius 1 is 1.16 bits per heavy atom. The summed E-state index contributed by atoms with van der Waals surface area (Å²) in [6.07, 6.45) is 12.8. The summed E-state index contributed by atoms with van der Waals surface area (Å²) in [6.45, 7) is 5.50. The fourth-order valence-corrected chi connectivity index (χ4v) is 5.09. The predicted molar refractivity (Wildman–Crippen MR) is 125 cm³/mol. The molecule has 1 heterocycles. The molecule has 1 amide bonds. The number of fused-ring (bicyclic) bond motifs is 1. The van der Waals surface area contributed by atoms with Crippen molar-refractivity contribution in [2.75, 3.05) is 0 Å². The number of carbonyl (C=O) groups excluding carboxylic acids is 3. The van der Waals surface area contributed by atoms with Crippen molar-refractivity contribution in [3.05, 3.63) is 60.2 Å². The van der Waals surface area contributed by atoms with Crippen LogP contribution >= 0.6 is 0 Å². The first-order valence-electron chi connectivity index (χ1n) is 11.8. The van der Waals surface area contributed by atoms with Crippen LogP contribution in [0.2, 0.25) is 0 Å². The summed E-state index contributed by atoms with van der Waals surface area (Å²) in [6, 6.07) is 8.66. The fraction of sp³-hybridized carbons (Fsp3) is 0.519. The molecule has 5 heteroatoms. The van der Waals surface area contributed by atoms with E-state index in [1.165, 1.54) is 6.92 Å². The second-order valence-electron chi connectivity index (χ2n) is 9.00. The summed E-state index contributed by atoms with van der Waals surface area (Å²) in [5.74, 6) is -0.179. The minimum atomic E-state index is -0.384. The van der Waals surface area contributed by atoms with Crippen molar-refractivity contribution in [2.24, 2.45) is 11.8 Å². The van der Waals surface area contributed by atoms with E-state index in [0.717, 1.165) is 19.3 Å². The summed E-state index contributed by atoms with van der Waals surface area (Å²) in [5, 5.41) is 0. The highest BCUT2D eigenvalue weighted by molar-refractivity contribution is 5.95. The van der Waals surface area contributed by atoms with Gasteiger partial charge < -0.3 is 9.64 Å². The number of ether oxygens (including phenoxy) is 1. The van der Waals surface area contributed by atoms with Crippen LogP contribution in [0, 0.1) is 11.8 Å². The SMILES string of the molecule is CCCC/C=C/C=C/[C@H]1CC(=O)C[C@H]2[C@@H]1C[C@@H](OC(C)=O)[C@@H](C)N2C(=O)c1ccccc1. The first-order chi connectivity index (χ1) is 15.4. The highest BCUT2D eigenvalue weighted by atomic mass is 16.5. The summed E-state index contributed by atoms with van der Waals surface area (Å²) in [4.78, 5) is 39.8. The van der Waals surface area contributed by atoms with E-state index >= 15 is 0 Å². The molecule has 1 saturated heterocycles. The normalized spacial score (nSPS) is 28.2. The van der Waals surface area contributed by atoms with Crippen molar-refractivity contribution < 1.29 is 19.1 Å². The van der Waals surface area contributed by atoms with Gasteiger partial charge >= 0.3 is 5.97 Å². The number of benzene rings is 1. The lowest BCUT2D eigenvalue weighted by Gasteiger charge is -2.52. The van der Waals surface area contributed by atoms with Crippen LogP contribution in [0.1, 0.15) is 69.7 Å². The van der Waals surface area contributed by atoms with Gasteiger partial charge in [-0.25, -0.2) is 0 Å². The number of hydrogen-bond acceptors (Lipinski definition) is 4. The van der Waals surface area contributed by atoms with Crippen molar-refractivity contribution in [1.82, 2.24) is 4.90 Å². The van der Waals surface area contributed by atoms with E-state index in [9.17, 15) is 14.4 Å². The molecule has 0 bridgehead atoms. The molecule has 0 spiro atoms. The monoisotopic (exact) mass is 437 g/mol. The molecule has 1 aromatic carbocycles. The second kappa shape index (κ2) is 11.3. The van der Waals surface area contributed by atoms with Crippen LogP contribution in [0.3, 0.4) is 0 Å². The third-order valence-corrected chi connectivity index (χ3v) is 6.69. The van der Waals surface area contributed by atoms with E-state index in [2.05, 4.69) is 19.1 Å². The summed E-state index contributed by atoms with van der Waals surface area (Å²) >= 11 is 0. The van der Waals surface area contributed by atoms with Gasteiger partial charge in [0, 0.05) is 31.4 Å². The van der Waals surface area contributed by atoms with Gasteiger partial charge in [-0.05, 0) is 43.7 Å². The molecular weight excluding hydrogens is 402 g/mol. The van der Waals surface area contributed by atoms with E-state index in [-0.39, 0.29) is 47.7 Å². The first-order valence-corrected chi connectivity index (χ1v) is 11.8. The van der Waals surface area contributed by atoms with E-state index in [1.807, 2.05) is 42.2 Å². The molecular formula is C27H35NO4. The van der Waals surface area contributed by atoms with E-state index in [4.69, 9.17) is 4.74 Å². The number of carbonyl (C=O) groups is 3. The molecule has 0 unspecified atom stereocenters. The van der Waals surface area contributed by atoms with Gasteiger partial charge in [0.1, 0.15) is 11.9 Å². The van der Waals surface area contributed by atoms with Crippen LogP contribution in [0.4, 0.5) is 0 Å². The number of allylic oxidation sites excluding steroid dienone is 4. The van der Waals surface area contributed by atoms with Gasteiger partial charge in [0.05, 0.1) is 6.04 Å². The highest BCUT2D eigenvalue weighted by Crippen LogP contribution is 2.42. The van der Waals surface area contributed by atoms with Crippen molar-refractivity contribution in [2.45, 2.75) is 77.5 Å². The number of ketones is 1. The van der Waals surface area contributed by atoms with Gasteiger partial charge in [-0.3, -0.25) is 14.4 Å². The minimum absolute atomic E-state index is 0.0220. The van der Waals surface area contributed by atoms with Crippen molar-refractivity contribution in [1.29, 1.82) is 0 Å². The predicted octanol–water partition coefficient (Wildman–Crippen LogP) is 5.12. The Morgan fingerprint density at radius 2 is 1.91 bits per heavy atom. The highest BCUT2D eigenvalue weighted by Gasteiger charge is 2.49. The van der Waals surface area contributed by atoms with Gasteiger partial charge in [-0.2, -0.15) is 0 Å². The maximum Gasteiger partial charge on any atom is 0.302 e. The molecule has 172 valence electrons. The Labute approximate surface area is 191 Å². The van der Waals surface area contributed by atoms with Crippen molar-refractivity contribution in [3.8, 4) is 0 Å². The molecule has 0 N–H and O–H groups in total. The molecule has 5 nitrogen and oxygen atoms in total. The average Bonchev–Trinajstić information content (AvgIpc) is 2.77. The molecule has 1 aromatic rings. The van der Waals surface area contributed by atoms with Crippen LogP contribution in [0.15, 0.2) is 54.6 Å². The number of Topliss-reactive ketones (excluding diaryl/α,β-unsaturated/α-hetero) is 1. The number of likely N-dealkylation sites (tertiary alicyclic amines) is 1. The fourth-order valence-electron chi connectivity index (χ4n) is 5.09. The Balaban J connectivity index is 1.89. The first kappa shape index (κ1) is 24.0. The lowest BCUT2D eigenvalue weighted by molar-refractivity contribution is -0.157. The minimum Gasteiger partial charge on any atom is -0.460 e. The number of unbranched alkanes of at least 4 members (excludes halogenated alkanes) is 2. The summed E-state index contributed by atoms with van der Waals surface area (Å²) in [7, 11) is 0. The smallest absolute Gasteiger partial charge is 0.302 e. The van der Waals surface area contributed by atoms with Gasteiger partial charge in [0.25, 0.3) is 5.91 Å². The van der Waals surface area contributed by atoms with Crippen molar-refractivity contribution >= 4 is 17.7 Å². The molecule has 0 aromatic heterocycles. The number of amides is 1. The van der Waals surface area contributed by atoms with Crippen LogP contribution in [-0.4, -0.2) is 40.7 Å². The van der Waals surface area contributed by atoms with Crippen LogP contribution in [-0.2, 0) is 14.3 Å². The molecule has 3 rings (SSSR count). The molecule has 1 aliphatic heterocycles. The third-order valence-electron chi connectivity index (χ3n) is 6.69. The number of piperidine rings is 1. The zero-order valence-electron chi connectivity index (χ0n) is 19.4. The quantitative estimate of drug-likeness (QED) is 0.337. The largest absolute Gasteiger partial charge is 0.460 e. The Morgan fingerprint density at radius 3 is 2.59 bits per heavy atom. The molecule has 32 heavy (non-hydrogen) atoms. The topological polar surface area (TPSA) is 63.7 Å². The zero-order valence-corrected chi connectivity index (χ0v) is 19.4. The standard InChI is InChI=1S/C27H35NO4/c1-4-5-6-7-8-10-15-22-16-23(30)17-25-24(22)18-26(32-20(3)29)19(2)28(25)27(31)21-13-11-9-12-14-21/h7-15,19,22,24-26H,4-6,16-18H2,1-3H3/b8-7+,15-10+/t19-,22+,24-,25+,26-/m1/s1. The lowest BCUT2D eigenvalue weighted by atomic mass is 9.68. The second-order valence-corrected chi connectivity index (χ2v) is 9.00. The average molecular weight is 438 g/mol. The van der Waals surface area contributed by atoms with Gasteiger partial charge in [-0.1, -0.05) is 62.3 Å². The number of nitrogens with zero attached hydrogens (tertiary/aromatic N) is 1. The molecule has 5 atom stereocenters. The van der Waals surface area contributed by atoms with Gasteiger partial charge in [0.15, 0.2) is 0 Å². The van der Waals surface area contributed by atoms with Gasteiger partial charge in [0.2, 0.25) is 0 Å². The Kier molecular flexibility index (Phi) is 8.43. The van der Waals surface area contributed by atoms with Crippen molar-refractivity contribution in [3.63, 3.8) is 0 Å². The summed E-state index contributed by atoms with van der Waals surface area (Å²) in [5.41, 5.74) is 0.588. The third kappa shape index (κ3) is 5.76. The zero-order chi connectivity index (χ0) is 23.1. The van der Waals surface area contributed by atoms with Crippen LogP contribution in [0.25, 0.3) is 0 Å². The molecule has 2 fully saturated rings. The van der Waals surface area contributed by atoms with E-state index < -0.39 is 0 Å². The van der Waals surface area contributed by atoms with E-state index in [0.29, 0.717) is 24.8 Å². The number of esters is 1. The molecule has 0 radical (unpaired) electrons. The maximum absolute atomic E-state index is 13.5. The molecule has 1 aliphatic carbocycles. The molecule has 1 saturated carbocycles. The Hall–Kier alpha value is -2.69. The molecule has 2 aliphatic rings. The van der Waals surface area contributed by atoms with Crippen LogP contribution < -0.4 is 0 Å². The Bertz CT molecular complexity index is 860. The number of rotatable bonds is 7. The number of hydrogen-bond donors (Lipinski definition) is 0. The van der Waals surface area contributed by atoms with Crippen LogP contribution in [0.5, 0.6) is 0 Å². The lowest BCUT2D eigenvalue weighted by Crippen LogP contribution is -2.62. The van der Waals surface area contributed by atoms with E-state index in [1.54, 1.807) is 12.1 Å². The maximum atomic E-state index is 13.5. The summed E-state index contributed by atoms with van der Waals surface area (Å²) < 4.78 is 5.66.